The molecule has 2 amide bonds. The van der Waals surface area contributed by atoms with Gasteiger partial charge in [-0.2, -0.15) is 4.98 Å². The smallest absolute Gasteiger partial charge is 0.335 e. The van der Waals surface area contributed by atoms with Crippen molar-refractivity contribution in [2.75, 3.05) is 12.4 Å². The van der Waals surface area contributed by atoms with Crippen LogP contribution in [0, 0.1) is 0 Å². The van der Waals surface area contributed by atoms with E-state index in [1.807, 2.05) is 0 Å². The van der Waals surface area contributed by atoms with Crippen molar-refractivity contribution in [3.05, 3.63) is 40.5 Å². The fourth-order valence-electron chi connectivity index (χ4n) is 1.50. The van der Waals surface area contributed by atoms with Crippen molar-refractivity contribution in [1.82, 2.24) is 14.7 Å². The molecule has 122 valence electrons. The molecule has 8 nitrogen and oxygen atoms in total. The first kappa shape index (κ1) is 17.3. The summed E-state index contributed by atoms with van der Waals surface area (Å²) in [7, 11) is -2.74. The second-order valence-electron chi connectivity index (χ2n) is 4.07. The van der Waals surface area contributed by atoms with Crippen LogP contribution in [0.3, 0.4) is 0 Å². The lowest BCUT2D eigenvalue weighted by molar-refractivity contribution is 0.256. The average molecular weight is 377 g/mol. The van der Waals surface area contributed by atoms with Crippen molar-refractivity contribution in [1.29, 1.82) is 0 Å². The summed E-state index contributed by atoms with van der Waals surface area (Å²) in [5.41, 5.74) is 0. The van der Waals surface area contributed by atoms with E-state index in [9.17, 15) is 13.2 Å². The third kappa shape index (κ3) is 4.68. The molecule has 2 rings (SSSR count). The van der Waals surface area contributed by atoms with Crippen LogP contribution in [-0.2, 0) is 10.0 Å². The van der Waals surface area contributed by atoms with E-state index in [0.29, 0.717) is 0 Å². The van der Waals surface area contributed by atoms with Gasteiger partial charge in [0.05, 0.1) is 12.0 Å². The Morgan fingerprint density at radius 1 is 1.22 bits per heavy atom. The van der Waals surface area contributed by atoms with Gasteiger partial charge in [-0.25, -0.2) is 22.9 Å². The SMILES string of the molecule is COc1cc(Cl)nc(NC(=O)NS(=O)(=O)c2cccc(Cl)c2)n1. The van der Waals surface area contributed by atoms with Crippen LogP contribution in [-0.4, -0.2) is 31.5 Å². The van der Waals surface area contributed by atoms with E-state index in [1.165, 1.54) is 37.4 Å². The lowest BCUT2D eigenvalue weighted by atomic mass is 10.4. The molecule has 1 heterocycles. The monoisotopic (exact) mass is 376 g/mol. The molecular formula is C12H10Cl2N4O4S. The van der Waals surface area contributed by atoms with Crippen LogP contribution in [0.4, 0.5) is 10.7 Å². The maximum Gasteiger partial charge on any atom is 0.335 e. The molecule has 0 spiro atoms. The molecule has 0 atom stereocenters. The predicted molar refractivity (Wildman–Crippen MR) is 84.4 cm³/mol. The number of anilines is 1. The van der Waals surface area contributed by atoms with Gasteiger partial charge in [-0.15, -0.1) is 0 Å². The molecule has 0 aliphatic rings. The van der Waals surface area contributed by atoms with E-state index in [2.05, 4.69) is 15.3 Å². The summed E-state index contributed by atoms with van der Waals surface area (Å²) in [6.45, 7) is 0. The van der Waals surface area contributed by atoms with Crippen LogP contribution in [0.2, 0.25) is 10.2 Å². The van der Waals surface area contributed by atoms with Crippen molar-refractivity contribution in [3.8, 4) is 5.88 Å². The Labute approximate surface area is 141 Å². The van der Waals surface area contributed by atoms with E-state index in [1.54, 1.807) is 4.72 Å². The Kier molecular flexibility index (Phi) is 5.24. The number of methoxy groups -OCH3 is 1. The summed E-state index contributed by atoms with van der Waals surface area (Å²) in [4.78, 5) is 19.2. The lowest BCUT2D eigenvalue weighted by Crippen LogP contribution is -2.34. The van der Waals surface area contributed by atoms with Crippen molar-refractivity contribution < 1.29 is 17.9 Å². The number of halogens is 2. The van der Waals surface area contributed by atoms with Gasteiger partial charge < -0.3 is 4.74 Å². The van der Waals surface area contributed by atoms with Gasteiger partial charge in [0.25, 0.3) is 10.0 Å². The molecule has 1 aromatic heterocycles. The highest BCUT2D eigenvalue weighted by Gasteiger charge is 2.19. The molecule has 0 saturated heterocycles. The van der Waals surface area contributed by atoms with Crippen molar-refractivity contribution in [3.63, 3.8) is 0 Å². The van der Waals surface area contributed by atoms with Crippen LogP contribution in [0.25, 0.3) is 0 Å². The van der Waals surface area contributed by atoms with Crippen molar-refractivity contribution in [2.24, 2.45) is 0 Å². The van der Waals surface area contributed by atoms with Gasteiger partial charge in [-0.1, -0.05) is 29.3 Å². The number of sulfonamides is 1. The highest BCUT2D eigenvalue weighted by molar-refractivity contribution is 7.90. The Bertz CT molecular complexity index is 845. The standard InChI is InChI=1S/C12H10Cl2N4O4S/c1-22-10-6-9(14)15-11(16-10)17-12(19)18-23(20,21)8-4-2-3-7(13)5-8/h2-6H,1H3,(H2,15,16,17,18,19). The fourth-order valence-corrected chi connectivity index (χ4v) is 2.88. The molecular weight excluding hydrogens is 367 g/mol. The predicted octanol–water partition coefficient (Wildman–Crippen LogP) is 2.30. The molecule has 0 radical (unpaired) electrons. The zero-order valence-electron chi connectivity index (χ0n) is 11.6. The van der Waals surface area contributed by atoms with E-state index in [4.69, 9.17) is 27.9 Å². The van der Waals surface area contributed by atoms with Crippen LogP contribution in [0.15, 0.2) is 35.2 Å². The number of nitrogens with zero attached hydrogens (tertiary/aromatic N) is 2. The first-order chi connectivity index (χ1) is 10.8. The van der Waals surface area contributed by atoms with Crippen LogP contribution >= 0.6 is 23.2 Å². The maximum absolute atomic E-state index is 12.1. The summed E-state index contributed by atoms with van der Waals surface area (Å²) >= 11 is 11.4. The van der Waals surface area contributed by atoms with Crippen molar-refractivity contribution in [2.45, 2.75) is 4.90 Å². The molecule has 0 saturated carbocycles. The molecule has 2 aromatic rings. The highest BCUT2D eigenvalue weighted by atomic mass is 35.5. The summed E-state index contributed by atoms with van der Waals surface area (Å²) in [6, 6.07) is 5.71. The van der Waals surface area contributed by atoms with E-state index < -0.39 is 16.1 Å². The number of rotatable bonds is 4. The number of hydrogen-bond donors (Lipinski definition) is 2. The highest BCUT2D eigenvalue weighted by Crippen LogP contribution is 2.17. The molecule has 0 fully saturated rings. The number of urea groups is 1. The molecule has 1 aromatic carbocycles. The molecule has 2 N–H and O–H groups in total. The van der Waals surface area contributed by atoms with Gasteiger partial charge in [0.15, 0.2) is 0 Å². The summed E-state index contributed by atoms with van der Waals surface area (Å²) in [6.07, 6.45) is 0. The first-order valence-electron chi connectivity index (χ1n) is 5.98. The van der Waals surface area contributed by atoms with Gasteiger partial charge in [-0.05, 0) is 18.2 Å². The van der Waals surface area contributed by atoms with Gasteiger partial charge in [-0.3, -0.25) is 5.32 Å². The molecule has 23 heavy (non-hydrogen) atoms. The average Bonchev–Trinajstić information content (AvgIpc) is 2.45. The summed E-state index contributed by atoms with van der Waals surface area (Å²) in [5.74, 6) is -0.105. The lowest BCUT2D eigenvalue weighted by Gasteiger charge is -2.08. The minimum Gasteiger partial charge on any atom is -0.481 e. The quantitative estimate of drug-likeness (QED) is 0.792. The van der Waals surface area contributed by atoms with Crippen molar-refractivity contribution >= 4 is 45.2 Å². The number of nitrogens with one attached hydrogen (secondary N) is 2. The van der Waals surface area contributed by atoms with Crippen LogP contribution in [0.1, 0.15) is 0 Å². The third-order valence-electron chi connectivity index (χ3n) is 2.44. The number of benzene rings is 1. The van der Waals surface area contributed by atoms with Gasteiger partial charge >= 0.3 is 6.03 Å². The normalized spacial score (nSPS) is 10.9. The molecule has 0 unspecified atom stereocenters. The fraction of sp³-hybridized carbons (Fsp3) is 0.0833. The van der Waals surface area contributed by atoms with Gasteiger partial charge in [0.2, 0.25) is 11.8 Å². The molecule has 0 bridgehead atoms. The summed E-state index contributed by atoms with van der Waals surface area (Å²) in [5, 5.41) is 2.39. The number of carbonyl (C=O) groups excluding carboxylic acids is 1. The Morgan fingerprint density at radius 2 is 1.96 bits per heavy atom. The van der Waals surface area contributed by atoms with Gasteiger partial charge in [0, 0.05) is 11.1 Å². The number of carbonyl (C=O) groups is 1. The zero-order valence-corrected chi connectivity index (χ0v) is 13.9. The van der Waals surface area contributed by atoms with Crippen LogP contribution in [0.5, 0.6) is 5.88 Å². The van der Waals surface area contributed by atoms with Gasteiger partial charge in [0.1, 0.15) is 5.15 Å². The second-order valence-corrected chi connectivity index (χ2v) is 6.58. The minimum absolute atomic E-state index is 0.0184. The number of hydrogen-bond acceptors (Lipinski definition) is 6. The topological polar surface area (TPSA) is 110 Å². The minimum atomic E-state index is -4.09. The number of amides is 2. The van der Waals surface area contributed by atoms with Crippen LogP contribution < -0.4 is 14.8 Å². The Balaban J connectivity index is 2.14. The Hall–Kier alpha value is -2.10. The molecule has 0 aliphatic carbocycles. The largest absolute Gasteiger partial charge is 0.481 e. The molecule has 11 heteroatoms. The third-order valence-corrected chi connectivity index (χ3v) is 4.20. The van der Waals surface area contributed by atoms with E-state index >= 15 is 0 Å². The Morgan fingerprint density at radius 3 is 2.61 bits per heavy atom. The summed E-state index contributed by atoms with van der Waals surface area (Å²) < 4.78 is 30.8. The second kappa shape index (κ2) is 6.99. The zero-order chi connectivity index (χ0) is 17.0. The number of ether oxygens (including phenoxy) is 1. The molecule has 0 aliphatic heterocycles. The maximum atomic E-state index is 12.1. The number of aromatic nitrogens is 2. The van der Waals surface area contributed by atoms with E-state index in [0.717, 1.165) is 0 Å². The first-order valence-corrected chi connectivity index (χ1v) is 8.22. The van der Waals surface area contributed by atoms with E-state index in [-0.39, 0.29) is 26.9 Å².